The summed E-state index contributed by atoms with van der Waals surface area (Å²) in [5, 5.41) is 21.6. The molecule has 4 fully saturated rings. The summed E-state index contributed by atoms with van der Waals surface area (Å²) in [7, 11) is 0. The number of carbonyl (C=O) groups excluding carboxylic acids is 1. The van der Waals surface area contributed by atoms with Crippen molar-refractivity contribution in [1.82, 2.24) is 0 Å². The molecule has 0 heterocycles. The van der Waals surface area contributed by atoms with Crippen molar-refractivity contribution in [2.75, 3.05) is 0 Å². The molecule has 3 heteroatoms. The number of rotatable bonds is 0. The SMILES string of the molecule is CC12CCC3C(CC(O)C4CCCC(O)C43C)C1CCC2=O. The van der Waals surface area contributed by atoms with Crippen molar-refractivity contribution in [2.45, 2.75) is 77.4 Å². The molecule has 4 aliphatic rings. The zero-order valence-corrected chi connectivity index (χ0v) is 13.9. The van der Waals surface area contributed by atoms with Crippen LogP contribution in [0.25, 0.3) is 0 Å². The summed E-state index contributed by atoms with van der Waals surface area (Å²) in [5.74, 6) is 2.04. The van der Waals surface area contributed by atoms with E-state index in [1.54, 1.807) is 0 Å². The first-order valence-corrected chi connectivity index (χ1v) is 9.28. The zero-order valence-electron chi connectivity index (χ0n) is 13.9. The van der Waals surface area contributed by atoms with E-state index in [0.29, 0.717) is 23.5 Å². The van der Waals surface area contributed by atoms with E-state index in [1.165, 1.54) is 0 Å². The third-order valence-electron chi connectivity index (χ3n) is 8.43. The first-order valence-electron chi connectivity index (χ1n) is 9.28. The first-order chi connectivity index (χ1) is 10.4. The predicted octanol–water partition coefficient (Wildman–Crippen LogP) is 2.93. The highest BCUT2D eigenvalue weighted by Gasteiger charge is 2.63. The summed E-state index contributed by atoms with van der Waals surface area (Å²) in [5.41, 5.74) is -0.294. The minimum Gasteiger partial charge on any atom is -0.393 e. The third kappa shape index (κ3) is 1.73. The van der Waals surface area contributed by atoms with E-state index in [0.717, 1.165) is 51.4 Å². The summed E-state index contributed by atoms with van der Waals surface area (Å²) >= 11 is 0. The molecule has 0 aromatic heterocycles. The normalized spacial score (nSPS) is 57.9. The summed E-state index contributed by atoms with van der Waals surface area (Å²) in [6, 6.07) is 0. The number of Topliss-reactive ketones (excluding diaryl/α,β-unsaturated/α-hetero) is 1. The number of ketones is 1. The van der Waals surface area contributed by atoms with Crippen molar-refractivity contribution in [3.05, 3.63) is 0 Å². The molecule has 0 saturated heterocycles. The number of hydrogen-bond acceptors (Lipinski definition) is 3. The summed E-state index contributed by atoms with van der Waals surface area (Å²) < 4.78 is 0. The van der Waals surface area contributed by atoms with Crippen LogP contribution in [-0.4, -0.2) is 28.2 Å². The molecule has 3 nitrogen and oxygen atoms in total. The number of carbonyl (C=O) groups is 1. The molecular weight excluding hydrogens is 276 g/mol. The Morgan fingerprint density at radius 3 is 2.55 bits per heavy atom. The molecule has 2 N–H and O–H groups in total. The van der Waals surface area contributed by atoms with E-state index < -0.39 is 0 Å². The molecular formula is C19H30O3. The number of aliphatic hydroxyl groups is 2. The van der Waals surface area contributed by atoms with E-state index in [-0.39, 0.29) is 29.0 Å². The average Bonchev–Trinajstić information content (AvgIpc) is 2.78. The lowest BCUT2D eigenvalue weighted by Gasteiger charge is -2.62. The van der Waals surface area contributed by atoms with Crippen molar-refractivity contribution in [2.24, 2.45) is 34.5 Å². The number of hydrogen-bond donors (Lipinski definition) is 2. The monoisotopic (exact) mass is 306 g/mol. The summed E-state index contributed by atoms with van der Waals surface area (Å²) in [6.45, 7) is 4.41. The smallest absolute Gasteiger partial charge is 0.139 e. The minimum absolute atomic E-state index is 0.145. The molecule has 4 saturated carbocycles. The van der Waals surface area contributed by atoms with Gasteiger partial charge in [0.25, 0.3) is 0 Å². The van der Waals surface area contributed by atoms with Gasteiger partial charge in [-0.3, -0.25) is 4.79 Å². The summed E-state index contributed by atoms with van der Waals surface area (Å²) in [6.07, 6.45) is 7.02. The Bertz CT molecular complexity index is 489. The van der Waals surface area contributed by atoms with Gasteiger partial charge >= 0.3 is 0 Å². The molecule has 0 aromatic rings. The topological polar surface area (TPSA) is 57.5 Å². The lowest BCUT2D eigenvalue weighted by Crippen LogP contribution is -2.61. The highest BCUT2D eigenvalue weighted by atomic mass is 16.3. The van der Waals surface area contributed by atoms with Crippen LogP contribution in [0.1, 0.15) is 65.2 Å². The molecule has 0 bridgehead atoms. The van der Waals surface area contributed by atoms with Crippen LogP contribution in [0.15, 0.2) is 0 Å². The Labute approximate surface area is 133 Å². The maximum atomic E-state index is 12.4. The first kappa shape index (κ1) is 15.1. The lowest BCUT2D eigenvalue weighted by molar-refractivity contribution is -0.196. The average molecular weight is 306 g/mol. The minimum atomic E-state index is -0.292. The van der Waals surface area contributed by atoms with Gasteiger partial charge in [-0.2, -0.15) is 0 Å². The van der Waals surface area contributed by atoms with Gasteiger partial charge in [0.1, 0.15) is 5.78 Å². The largest absolute Gasteiger partial charge is 0.393 e. The highest BCUT2D eigenvalue weighted by molar-refractivity contribution is 5.87. The third-order valence-corrected chi connectivity index (χ3v) is 8.43. The predicted molar refractivity (Wildman–Crippen MR) is 84.1 cm³/mol. The quantitative estimate of drug-likeness (QED) is 0.723. The molecule has 0 aromatic carbocycles. The van der Waals surface area contributed by atoms with Crippen LogP contribution >= 0.6 is 0 Å². The van der Waals surface area contributed by atoms with E-state index in [4.69, 9.17) is 0 Å². The molecule has 8 unspecified atom stereocenters. The molecule has 0 spiro atoms. The van der Waals surface area contributed by atoms with Crippen LogP contribution in [0.5, 0.6) is 0 Å². The fourth-order valence-corrected chi connectivity index (χ4v) is 7.13. The fraction of sp³-hybridized carbons (Fsp3) is 0.947. The van der Waals surface area contributed by atoms with E-state index >= 15 is 0 Å². The molecule has 4 aliphatic carbocycles. The molecule has 8 atom stereocenters. The van der Waals surface area contributed by atoms with Gasteiger partial charge in [-0.1, -0.05) is 20.3 Å². The summed E-state index contributed by atoms with van der Waals surface area (Å²) in [4.78, 5) is 12.4. The number of aliphatic hydroxyl groups excluding tert-OH is 2. The standard InChI is InChI=1S/C19H30O3/c1-18-9-8-13-11(12(18)6-7-16(18)21)10-15(20)14-4-3-5-17(22)19(13,14)2/h11-15,17,20,22H,3-10H2,1-2H3. The van der Waals surface area contributed by atoms with Gasteiger partial charge in [0.15, 0.2) is 0 Å². The van der Waals surface area contributed by atoms with E-state index in [9.17, 15) is 15.0 Å². The van der Waals surface area contributed by atoms with Crippen LogP contribution in [0, 0.1) is 34.5 Å². The molecule has 0 radical (unpaired) electrons. The van der Waals surface area contributed by atoms with Gasteiger partial charge < -0.3 is 10.2 Å². The Morgan fingerprint density at radius 1 is 1.00 bits per heavy atom. The Morgan fingerprint density at radius 2 is 1.77 bits per heavy atom. The second-order valence-corrected chi connectivity index (χ2v) is 9.02. The second kappa shape index (κ2) is 4.80. The molecule has 4 rings (SSSR count). The lowest BCUT2D eigenvalue weighted by atomic mass is 9.44. The van der Waals surface area contributed by atoms with Gasteiger partial charge in [0.2, 0.25) is 0 Å². The van der Waals surface area contributed by atoms with Crippen LogP contribution in [-0.2, 0) is 4.79 Å². The van der Waals surface area contributed by atoms with Crippen molar-refractivity contribution in [3.63, 3.8) is 0 Å². The molecule has 0 aliphatic heterocycles. The Balaban J connectivity index is 1.72. The molecule has 0 amide bonds. The highest BCUT2D eigenvalue weighted by Crippen LogP contribution is 2.65. The van der Waals surface area contributed by atoms with Gasteiger partial charge in [0.05, 0.1) is 12.2 Å². The van der Waals surface area contributed by atoms with Crippen LogP contribution < -0.4 is 0 Å². The van der Waals surface area contributed by atoms with E-state index in [2.05, 4.69) is 13.8 Å². The Kier molecular flexibility index (Phi) is 3.30. The fourth-order valence-electron chi connectivity index (χ4n) is 7.13. The van der Waals surface area contributed by atoms with E-state index in [1.807, 2.05) is 0 Å². The maximum absolute atomic E-state index is 12.4. The van der Waals surface area contributed by atoms with Crippen LogP contribution in [0.4, 0.5) is 0 Å². The van der Waals surface area contributed by atoms with Crippen molar-refractivity contribution >= 4 is 5.78 Å². The van der Waals surface area contributed by atoms with Crippen molar-refractivity contribution < 1.29 is 15.0 Å². The van der Waals surface area contributed by atoms with Crippen molar-refractivity contribution in [1.29, 1.82) is 0 Å². The van der Waals surface area contributed by atoms with Crippen molar-refractivity contribution in [3.8, 4) is 0 Å². The van der Waals surface area contributed by atoms with Crippen LogP contribution in [0.3, 0.4) is 0 Å². The molecule has 22 heavy (non-hydrogen) atoms. The van der Waals surface area contributed by atoms with Crippen LogP contribution in [0.2, 0.25) is 0 Å². The zero-order chi connectivity index (χ0) is 15.7. The Hall–Kier alpha value is -0.410. The van der Waals surface area contributed by atoms with Gasteiger partial charge in [0, 0.05) is 17.3 Å². The van der Waals surface area contributed by atoms with Gasteiger partial charge in [-0.15, -0.1) is 0 Å². The van der Waals surface area contributed by atoms with Gasteiger partial charge in [-0.05, 0) is 62.2 Å². The van der Waals surface area contributed by atoms with Gasteiger partial charge in [-0.25, -0.2) is 0 Å². The molecule has 124 valence electrons. The maximum Gasteiger partial charge on any atom is 0.139 e. The number of fused-ring (bicyclic) bond motifs is 5. The second-order valence-electron chi connectivity index (χ2n) is 9.02.